The normalized spacial score (nSPS) is 12.8. The monoisotopic (exact) mass is 335 g/mol. The van der Waals surface area contributed by atoms with Gasteiger partial charge in [-0.3, -0.25) is 0 Å². The lowest BCUT2D eigenvalue weighted by atomic mass is 10.3. The van der Waals surface area contributed by atoms with Gasteiger partial charge in [0.15, 0.2) is 9.84 Å². The highest BCUT2D eigenvalue weighted by Gasteiger charge is 2.28. The van der Waals surface area contributed by atoms with E-state index in [1.54, 1.807) is 25.5 Å². The van der Waals surface area contributed by atoms with E-state index in [2.05, 4.69) is 27.8 Å². The molecule has 0 bridgehead atoms. The number of rotatable bonds is 9. The number of aromatic nitrogens is 4. The molecule has 0 aliphatic heterocycles. The predicted molar refractivity (Wildman–Crippen MR) is 85.2 cm³/mol. The van der Waals surface area contributed by atoms with E-state index in [1.165, 1.54) is 11.8 Å². The molecule has 7 nitrogen and oxygen atoms in total. The van der Waals surface area contributed by atoms with Crippen LogP contribution in [0, 0.1) is 0 Å². The van der Waals surface area contributed by atoms with Crippen molar-refractivity contribution in [3.63, 3.8) is 0 Å². The number of nitrogens with one attached hydrogen (secondary N) is 1. The maximum atomic E-state index is 12.0. The number of hydrogen-bond donors (Lipinski definition) is 1. The molecule has 0 saturated heterocycles. The van der Waals surface area contributed by atoms with Crippen LogP contribution >= 0.6 is 11.8 Å². The molecule has 0 unspecified atom stereocenters. The summed E-state index contributed by atoms with van der Waals surface area (Å²) in [5.74, 6) is 0.588. The average Bonchev–Trinajstić information content (AvgIpc) is 2.81. The summed E-state index contributed by atoms with van der Waals surface area (Å²) >= 11 is 1.38. The molecule has 1 aromatic rings. The first kappa shape index (κ1) is 18.4. The third-order valence-electron chi connectivity index (χ3n) is 2.94. The molecule has 0 aromatic carbocycles. The standard InChI is InChI=1S/C12H25N5O2S2/c1-5-6-13-7-8-17-11(14-15-16-17)20-9-10-21(18,19)12(2,3)4/h13H,5-10H2,1-4H3. The molecule has 122 valence electrons. The molecule has 0 saturated carbocycles. The quantitative estimate of drug-likeness (QED) is 0.531. The molecule has 0 amide bonds. The van der Waals surface area contributed by atoms with Crippen molar-refractivity contribution in [3.05, 3.63) is 0 Å². The van der Waals surface area contributed by atoms with E-state index in [9.17, 15) is 8.42 Å². The maximum absolute atomic E-state index is 12.0. The number of tetrazole rings is 1. The molecule has 1 aromatic heterocycles. The fraction of sp³-hybridized carbons (Fsp3) is 0.917. The highest BCUT2D eigenvalue weighted by molar-refractivity contribution is 8.00. The first-order valence-corrected chi connectivity index (χ1v) is 9.73. The van der Waals surface area contributed by atoms with E-state index in [-0.39, 0.29) is 5.75 Å². The Hall–Kier alpha value is -0.670. The van der Waals surface area contributed by atoms with Crippen molar-refractivity contribution in [2.24, 2.45) is 0 Å². The van der Waals surface area contributed by atoms with E-state index in [0.29, 0.717) is 17.5 Å². The summed E-state index contributed by atoms with van der Waals surface area (Å²) in [6.45, 7) is 9.72. The Bertz CT molecular complexity index is 522. The zero-order chi connectivity index (χ0) is 15.9. The predicted octanol–water partition coefficient (Wildman–Crippen LogP) is 0.978. The highest BCUT2D eigenvalue weighted by Crippen LogP contribution is 2.20. The van der Waals surface area contributed by atoms with Gasteiger partial charge in [-0.25, -0.2) is 13.1 Å². The average molecular weight is 335 g/mol. The molecular formula is C12H25N5O2S2. The van der Waals surface area contributed by atoms with Crippen LogP contribution in [0.25, 0.3) is 0 Å². The van der Waals surface area contributed by atoms with Gasteiger partial charge in [-0.15, -0.1) is 5.10 Å². The van der Waals surface area contributed by atoms with Gasteiger partial charge in [0.05, 0.1) is 17.0 Å². The minimum Gasteiger partial charge on any atom is -0.315 e. The summed E-state index contributed by atoms with van der Waals surface area (Å²) in [5.41, 5.74) is 0. The van der Waals surface area contributed by atoms with Crippen LogP contribution < -0.4 is 5.32 Å². The molecule has 1 N–H and O–H groups in total. The first-order chi connectivity index (χ1) is 9.78. The maximum Gasteiger partial charge on any atom is 0.209 e. The van der Waals surface area contributed by atoms with Crippen molar-refractivity contribution in [2.75, 3.05) is 24.6 Å². The van der Waals surface area contributed by atoms with Crippen LogP contribution in [0.3, 0.4) is 0 Å². The minimum absolute atomic E-state index is 0.127. The van der Waals surface area contributed by atoms with Crippen molar-refractivity contribution in [3.8, 4) is 0 Å². The summed E-state index contributed by atoms with van der Waals surface area (Å²) in [6, 6.07) is 0. The summed E-state index contributed by atoms with van der Waals surface area (Å²) in [6.07, 6.45) is 1.09. The van der Waals surface area contributed by atoms with Crippen LogP contribution in [0.5, 0.6) is 0 Å². The van der Waals surface area contributed by atoms with Crippen LogP contribution in [0.15, 0.2) is 5.16 Å². The van der Waals surface area contributed by atoms with Crippen molar-refractivity contribution in [1.29, 1.82) is 0 Å². The topological polar surface area (TPSA) is 89.8 Å². The number of hydrogen-bond acceptors (Lipinski definition) is 7. The zero-order valence-electron chi connectivity index (χ0n) is 13.2. The summed E-state index contributed by atoms with van der Waals surface area (Å²) in [7, 11) is -3.10. The molecule has 0 fully saturated rings. The van der Waals surface area contributed by atoms with Crippen LogP contribution in [0.1, 0.15) is 34.1 Å². The smallest absolute Gasteiger partial charge is 0.209 e. The fourth-order valence-electron chi connectivity index (χ4n) is 1.48. The van der Waals surface area contributed by atoms with E-state index in [0.717, 1.165) is 19.5 Å². The molecule has 1 rings (SSSR count). The van der Waals surface area contributed by atoms with Crippen LogP contribution in [-0.4, -0.2) is 58.0 Å². The SMILES string of the molecule is CCCNCCn1nnnc1SCCS(=O)(=O)C(C)(C)C. The molecule has 1 heterocycles. The van der Waals surface area contributed by atoms with E-state index in [1.807, 2.05) is 0 Å². The molecule has 21 heavy (non-hydrogen) atoms. The molecule has 0 spiro atoms. The highest BCUT2D eigenvalue weighted by atomic mass is 32.2. The lowest BCUT2D eigenvalue weighted by Crippen LogP contribution is -2.31. The lowest BCUT2D eigenvalue weighted by Gasteiger charge is -2.18. The molecule has 0 aliphatic rings. The first-order valence-electron chi connectivity index (χ1n) is 7.10. The van der Waals surface area contributed by atoms with Gasteiger partial charge in [0.25, 0.3) is 0 Å². The van der Waals surface area contributed by atoms with Crippen molar-refractivity contribution in [2.45, 2.75) is 50.6 Å². The molecule has 0 radical (unpaired) electrons. The van der Waals surface area contributed by atoms with Gasteiger partial charge < -0.3 is 5.32 Å². The van der Waals surface area contributed by atoms with Gasteiger partial charge in [0.1, 0.15) is 0 Å². The third-order valence-corrected chi connectivity index (χ3v) is 6.77. The van der Waals surface area contributed by atoms with Gasteiger partial charge in [0.2, 0.25) is 5.16 Å². The minimum atomic E-state index is -3.10. The van der Waals surface area contributed by atoms with Gasteiger partial charge in [0, 0.05) is 12.3 Å². The van der Waals surface area contributed by atoms with Crippen LogP contribution in [0.2, 0.25) is 0 Å². The summed E-state index contributed by atoms with van der Waals surface area (Å²) in [5, 5.41) is 15.5. The van der Waals surface area contributed by atoms with Gasteiger partial charge in [-0.05, 0) is 44.2 Å². The van der Waals surface area contributed by atoms with Gasteiger partial charge in [-0.1, -0.05) is 18.7 Å². The summed E-state index contributed by atoms with van der Waals surface area (Å²) < 4.78 is 25.0. The molecular weight excluding hydrogens is 310 g/mol. The van der Waals surface area contributed by atoms with Crippen molar-refractivity contribution in [1.82, 2.24) is 25.5 Å². The van der Waals surface area contributed by atoms with Crippen LogP contribution in [0.4, 0.5) is 0 Å². The Morgan fingerprint density at radius 2 is 2.00 bits per heavy atom. The Morgan fingerprint density at radius 1 is 1.29 bits per heavy atom. The van der Waals surface area contributed by atoms with E-state index in [4.69, 9.17) is 0 Å². The van der Waals surface area contributed by atoms with Gasteiger partial charge in [-0.2, -0.15) is 0 Å². The number of nitrogens with zero attached hydrogens (tertiary/aromatic N) is 4. The van der Waals surface area contributed by atoms with Crippen molar-refractivity contribution >= 4 is 21.6 Å². The molecule has 9 heteroatoms. The Kier molecular flexibility index (Phi) is 7.08. The van der Waals surface area contributed by atoms with E-state index < -0.39 is 14.6 Å². The summed E-state index contributed by atoms with van der Waals surface area (Å²) in [4.78, 5) is 0. The second-order valence-electron chi connectivity index (χ2n) is 5.71. The molecule has 0 aliphatic carbocycles. The fourth-order valence-corrected chi connectivity index (χ4v) is 3.85. The van der Waals surface area contributed by atoms with E-state index >= 15 is 0 Å². The largest absolute Gasteiger partial charge is 0.315 e. The molecule has 0 atom stereocenters. The number of thioether (sulfide) groups is 1. The second-order valence-corrected chi connectivity index (χ2v) is 9.64. The zero-order valence-corrected chi connectivity index (χ0v) is 14.8. The Labute approximate surface area is 131 Å². The third kappa shape index (κ3) is 5.91. The lowest BCUT2D eigenvalue weighted by molar-refractivity contribution is 0.510. The Morgan fingerprint density at radius 3 is 2.62 bits per heavy atom. The van der Waals surface area contributed by atoms with Crippen molar-refractivity contribution < 1.29 is 8.42 Å². The number of sulfone groups is 1. The Balaban J connectivity index is 2.45. The second kappa shape index (κ2) is 8.09. The van der Waals surface area contributed by atoms with Gasteiger partial charge >= 0.3 is 0 Å². The van der Waals surface area contributed by atoms with Crippen LogP contribution in [-0.2, 0) is 16.4 Å².